The number of nitrogens with zero attached hydrogens (tertiary/aromatic N) is 1. The lowest BCUT2D eigenvalue weighted by molar-refractivity contribution is 0.0634. The lowest BCUT2D eigenvalue weighted by Gasteiger charge is -2.29. The number of hydrogen-bond donors (Lipinski definition) is 1. The molecule has 1 aliphatic carbocycles. The van der Waals surface area contributed by atoms with Crippen LogP contribution in [-0.4, -0.2) is 52.1 Å². The highest BCUT2D eigenvalue weighted by molar-refractivity contribution is 7.89. The molecule has 1 atom stereocenters. The number of hydrogen-bond acceptors (Lipinski definition) is 6. The number of terminal acetylenes is 1. The van der Waals surface area contributed by atoms with Crippen LogP contribution in [-0.2, 0) is 34.1 Å². The predicted molar refractivity (Wildman–Crippen MR) is 157 cm³/mol. The second-order valence-corrected chi connectivity index (χ2v) is 11.9. The minimum Gasteiger partial charge on any atom is -0.491 e. The summed E-state index contributed by atoms with van der Waals surface area (Å²) in [6.07, 6.45) is 6.23. The molecule has 1 aromatic heterocycles. The van der Waals surface area contributed by atoms with E-state index >= 15 is 0 Å². The Morgan fingerprint density at radius 1 is 1.10 bits per heavy atom. The van der Waals surface area contributed by atoms with Crippen LogP contribution in [0.2, 0.25) is 5.02 Å². The molecule has 8 nitrogen and oxygen atoms in total. The predicted octanol–water partition coefficient (Wildman–Crippen LogP) is 4.83. The summed E-state index contributed by atoms with van der Waals surface area (Å²) in [7, 11) is -2.16. The fraction of sp³-hybridized carbons (Fsp3) is 0.258. The van der Waals surface area contributed by atoms with Gasteiger partial charge < -0.3 is 18.8 Å². The zero-order valence-corrected chi connectivity index (χ0v) is 24.0. The van der Waals surface area contributed by atoms with E-state index in [2.05, 4.69) is 10.6 Å². The van der Waals surface area contributed by atoms with Crippen LogP contribution in [0.15, 0.2) is 76.0 Å². The topological polar surface area (TPSA) is 98.1 Å². The Balaban J connectivity index is 1.48. The van der Waals surface area contributed by atoms with Gasteiger partial charge in [0, 0.05) is 29.1 Å². The van der Waals surface area contributed by atoms with Crippen molar-refractivity contribution in [2.24, 2.45) is 0 Å². The van der Waals surface area contributed by atoms with Crippen LogP contribution in [0, 0.1) is 12.3 Å². The Bertz CT molecular complexity index is 1690. The molecule has 5 rings (SSSR count). The number of benzene rings is 3. The minimum absolute atomic E-state index is 0.101. The maximum absolute atomic E-state index is 14.1. The Morgan fingerprint density at radius 3 is 2.68 bits per heavy atom. The van der Waals surface area contributed by atoms with Gasteiger partial charge in [-0.3, -0.25) is 4.79 Å². The number of para-hydroxylation sites is 1. The molecule has 1 amide bonds. The number of methoxy groups -OCH3 is 1. The second kappa shape index (κ2) is 12.4. The van der Waals surface area contributed by atoms with Gasteiger partial charge in [-0.25, -0.2) is 8.42 Å². The van der Waals surface area contributed by atoms with E-state index in [0.717, 1.165) is 22.1 Å². The highest BCUT2D eigenvalue weighted by atomic mass is 35.5. The molecule has 1 N–H and O–H groups in total. The van der Waals surface area contributed by atoms with Gasteiger partial charge in [0.05, 0.1) is 24.6 Å². The molecule has 0 radical (unpaired) electrons. The van der Waals surface area contributed by atoms with Crippen molar-refractivity contribution in [1.29, 1.82) is 0 Å². The Labute approximate surface area is 244 Å². The van der Waals surface area contributed by atoms with Crippen molar-refractivity contribution in [3.8, 4) is 18.1 Å². The van der Waals surface area contributed by atoms with Gasteiger partial charge in [0.1, 0.15) is 17.9 Å². The molecule has 0 fully saturated rings. The molecule has 0 aliphatic heterocycles. The van der Waals surface area contributed by atoms with Crippen molar-refractivity contribution >= 4 is 38.5 Å². The number of furan rings is 1. The Morgan fingerprint density at radius 2 is 1.90 bits per heavy atom. The lowest BCUT2D eigenvalue weighted by Crippen LogP contribution is -2.40. The summed E-state index contributed by atoms with van der Waals surface area (Å²) in [5, 5.41) is 1.34. The van der Waals surface area contributed by atoms with E-state index in [1.54, 1.807) is 54.5 Å². The van der Waals surface area contributed by atoms with E-state index < -0.39 is 10.0 Å². The molecule has 212 valence electrons. The summed E-state index contributed by atoms with van der Waals surface area (Å²) in [4.78, 5) is 15.9. The van der Waals surface area contributed by atoms with Crippen LogP contribution in [0.1, 0.15) is 27.2 Å². The number of fused-ring (bicyclic) bond motifs is 2. The molecule has 0 bridgehead atoms. The molecule has 0 saturated heterocycles. The lowest BCUT2D eigenvalue weighted by atomic mass is 10.1. The number of sulfonamides is 1. The van der Waals surface area contributed by atoms with E-state index in [-0.39, 0.29) is 35.7 Å². The number of carbonyl (C=O) groups is 1. The van der Waals surface area contributed by atoms with Gasteiger partial charge in [-0.1, -0.05) is 41.8 Å². The van der Waals surface area contributed by atoms with Crippen molar-refractivity contribution in [3.05, 3.63) is 94.2 Å². The van der Waals surface area contributed by atoms with E-state index in [1.165, 1.54) is 0 Å². The standard InChI is InChI=1S/C31H29ClN2O6S/c1-3-12-33-41(36,37)27-10-8-21-16-26(17-23(21)18-27)34(31(35)30-19-22-6-4-5-7-29(22)40-30)20-24-15-25(32)9-11-28(24)39-14-13-38-2/h1,4-11,15,18-19,26,33H,12-14,16-17,20H2,2H3. The average Bonchev–Trinajstić information content (AvgIpc) is 3.59. The van der Waals surface area contributed by atoms with E-state index in [9.17, 15) is 13.2 Å². The third kappa shape index (κ3) is 6.42. The van der Waals surface area contributed by atoms with Crippen LogP contribution in [0.3, 0.4) is 0 Å². The molecular weight excluding hydrogens is 564 g/mol. The summed E-state index contributed by atoms with van der Waals surface area (Å²) in [6, 6.07) is 19.2. The number of rotatable bonds is 11. The van der Waals surface area contributed by atoms with Crippen molar-refractivity contribution in [3.63, 3.8) is 0 Å². The van der Waals surface area contributed by atoms with Gasteiger partial charge in [0.2, 0.25) is 10.0 Å². The first kappa shape index (κ1) is 28.7. The van der Waals surface area contributed by atoms with Crippen LogP contribution < -0.4 is 9.46 Å². The third-order valence-corrected chi connectivity index (χ3v) is 8.64. The Hall–Kier alpha value is -3.81. The summed E-state index contributed by atoms with van der Waals surface area (Å²) in [5.74, 6) is 2.81. The fourth-order valence-electron chi connectivity index (χ4n) is 5.01. The number of halogens is 1. The average molecular weight is 593 g/mol. The first-order valence-corrected chi connectivity index (χ1v) is 14.9. The van der Waals surface area contributed by atoms with Crippen molar-refractivity contribution < 1.29 is 27.1 Å². The van der Waals surface area contributed by atoms with E-state index in [4.69, 9.17) is 31.9 Å². The molecule has 1 aliphatic rings. The maximum atomic E-state index is 14.1. The summed E-state index contributed by atoms with van der Waals surface area (Å²) < 4.78 is 44.8. The van der Waals surface area contributed by atoms with Crippen molar-refractivity contribution in [2.45, 2.75) is 30.3 Å². The summed E-state index contributed by atoms with van der Waals surface area (Å²) in [6.45, 7) is 0.841. The molecule has 3 aromatic carbocycles. The highest BCUT2D eigenvalue weighted by Crippen LogP contribution is 2.33. The Kier molecular flexibility index (Phi) is 8.66. The first-order valence-electron chi connectivity index (χ1n) is 13.0. The number of nitrogens with one attached hydrogen (secondary N) is 1. The molecule has 1 unspecified atom stereocenters. The van der Waals surface area contributed by atoms with Gasteiger partial charge >= 0.3 is 0 Å². The molecular formula is C31H29ClN2O6S. The van der Waals surface area contributed by atoms with Gasteiger partial charge in [0.25, 0.3) is 5.91 Å². The van der Waals surface area contributed by atoms with Gasteiger partial charge in [-0.05, 0) is 66.4 Å². The van der Waals surface area contributed by atoms with Crippen molar-refractivity contribution in [2.75, 3.05) is 26.9 Å². The van der Waals surface area contributed by atoms with Crippen LogP contribution >= 0.6 is 11.6 Å². The van der Waals surface area contributed by atoms with E-state index in [0.29, 0.717) is 42.4 Å². The van der Waals surface area contributed by atoms with Crippen LogP contribution in [0.4, 0.5) is 0 Å². The summed E-state index contributed by atoms with van der Waals surface area (Å²) in [5.41, 5.74) is 3.17. The summed E-state index contributed by atoms with van der Waals surface area (Å²) >= 11 is 6.36. The van der Waals surface area contributed by atoms with Crippen molar-refractivity contribution in [1.82, 2.24) is 9.62 Å². The molecule has 1 heterocycles. The van der Waals surface area contributed by atoms with Gasteiger partial charge in [-0.2, -0.15) is 4.72 Å². The first-order chi connectivity index (χ1) is 19.8. The number of carbonyl (C=O) groups excluding carboxylic acids is 1. The smallest absolute Gasteiger partial charge is 0.290 e. The molecule has 41 heavy (non-hydrogen) atoms. The number of amides is 1. The molecule has 0 saturated carbocycles. The maximum Gasteiger partial charge on any atom is 0.290 e. The normalized spacial score (nSPS) is 14.5. The SMILES string of the molecule is C#CCNS(=O)(=O)c1ccc2c(c1)CC(N(Cc1cc(Cl)ccc1OCCOC)C(=O)c1cc3ccccc3o1)C2. The zero-order valence-electron chi connectivity index (χ0n) is 22.4. The monoisotopic (exact) mass is 592 g/mol. The van der Waals surface area contributed by atoms with Crippen LogP contribution in [0.25, 0.3) is 11.0 Å². The highest BCUT2D eigenvalue weighted by Gasteiger charge is 2.33. The molecule has 4 aromatic rings. The fourth-order valence-corrected chi connectivity index (χ4v) is 6.18. The van der Waals surface area contributed by atoms with Gasteiger partial charge in [-0.15, -0.1) is 6.42 Å². The second-order valence-electron chi connectivity index (χ2n) is 9.70. The zero-order chi connectivity index (χ0) is 29.0. The molecule has 10 heteroatoms. The molecule has 0 spiro atoms. The largest absolute Gasteiger partial charge is 0.491 e. The third-order valence-electron chi connectivity index (χ3n) is 7.01. The van der Waals surface area contributed by atoms with Gasteiger partial charge in [0.15, 0.2) is 5.76 Å². The minimum atomic E-state index is -3.76. The van der Waals surface area contributed by atoms with E-state index in [1.807, 2.05) is 24.3 Å². The quantitative estimate of drug-likeness (QED) is 0.198. The number of ether oxygens (including phenoxy) is 2. The van der Waals surface area contributed by atoms with Crippen LogP contribution in [0.5, 0.6) is 5.75 Å².